The molecule has 2 heterocycles. The maximum Gasteiger partial charge on any atom is 0.132 e. The molecule has 3 heteroatoms. The fourth-order valence-electron chi connectivity index (χ4n) is 2.69. The fourth-order valence-corrected chi connectivity index (χ4v) is 2.69. The zero-order valence-electron chi connectivity index (χ0n) is 9.62. The Kier molecular flexibility index (Phi) is 3.12. The van der Waals surface area contributed by atoms with Crippen molar-refractivity contribution in [3.63, 3.8) is 0 Å². The summed E-state index contributed by atoms with van der Waals surface area (Å²) < 4.78 is 11.3. The van der Waals surface area contributed by atoms with Gasteiger partial charge in [0.25, 0.3) is 0 Å². The Balaban J connectivity index is 2.00. The first-order valence-electron chi connectivity index (χ1n) is 5.85. The SMILES string of the molecule is CC(=O)C(C)C1CCOC2(CCOC2)C1. The zero-order chi connectivity index (χ0) is 10.9. The van der Waals surface area contributed by atoms with E-state index in [1.807, 2.05) is 6.92 Å². The summed E-state index contributed by atoms with van der Waals surface area (Å²) in [5.41, 5.74) is -0.0629. The van der Waals surface area contributed by atoms with Gasteiger partial charge in [0.2, 0.25) is 0 Å². The molecule has 2 rings (SSSR count). The lowest BCUT2D eigenvalue weighted by Gasteiger charge is -2.38. The molecule has 2 aliphatic rings. The van der Waals surface area contributed by atoms with Crippen molar-refractivity contribution in [3.8, 4) is 0 Å². The van der Waals surface area contributed by atoms with E-state index in [0.29, 0.717) is 18.3 Å². The predicted octanol–water partition coefficient (Wildman–Crippen LogP) is 1.80. The highest BCUT2D eigenvalue weighted by Crippen LogP contribution is 2.38. The van der Waals surface area contributed by atoms with E-state index in [0.717, 1.165) is 32.5 Å². The number of hydrogen-bond acceptors (Lipinski definition) is 3. The fraction of sp³-hybridized carbons (Fsp3) is 0.917. The van der Waals surface area contributed by atoms with Crippen LogP contribution in [0.1, 0.15) is 33.1 Å². The molecule has 0 bridgehead atoms. The minimum absolute atomic E-state index is 0.0629. The molecule has 0 aromatic rings. The van der Waals surface area contributed by atoms with Crippen molar-refractivity contribution in [2.45, 2.75) is 38.7 Å². The van der Waals surface area contributed by atoms with Crippen LogP contribution >= 0.6 is 0 Å². The molecule has 0 aromatic carbocycles. The third-order valence-corrected chi connectivity index (χ3v) is 3.95. The van der Waals surface area contributed by atoms with E-state index in [9.17, 15) is 4.79 Å². The maximum atomic E-state index is 11.4. The third-order valence-electron chi connectivity index (χ3n) is 3.95. The lowest BCUT2D eigenvalue weighted by atomic mass is 9.77. The molecular weight excluding hydrogens is 192 g/mol. The van der Waals surface area contributed by atoms with Crippen molar-refractivity contribution in [1.29, 1.82) is 0 Å². The molecule has 3 unspecified atom stereocenters. The highest BCUT2D eigenvalue weighted by Gasteiger charge is 2.42. The van der Waals surface area contributed by atoms with Crippen molar-refractivity contribution in [3.05, 3.63) is 0 Å². The first-order valence-corrected chi connectivity index (χ1v) is 5.85. The standard InChI is InChI=1S/C12H20O3/c1-9(10(2)13)11-3-5-15-12(7-11)4-6-14-8-12/h9,11H,3-8H2,1-2H3. The smallest absolute Gasteiger partial charge is 0.132 e. The summed E-state index contributed by atoms with van der Waals surface area (Å²) in [7, 11) is 0. The second-order valence-corrected chi connectivity index (χ2v) is 4.99. The Morgan fingerprint density at radius 2 is 2.27 bits per heavy atom. The van der Waals surface area contributed by atoms with Gasteiger partial charge in [-0.25, -0.2) is 0 Å². The predicted molar refractivity (Wildman–Crippen MR) is 56.7 cm³/mol. The van der Waals surface area contributed by atoms with Crippen LogP contribution in [-0.4, -0.2) is 31.2 Å². The van der Waals surface area contributed by atoms with Gasteiger partial charge in [0.05, 0.1) is 12.2 Å². The van der Waals surface area contributed by atoms with Crippen LogP contribution in [0, 0.1) is 11.8 Å². The van der Waals surface area contributed by atoms with Crippen molar-refractivity contribution in [2.75, 3.05) is 19.8 Å². The summed E-state index contributed by atoms with van der Waals surface area (Å²) in [6.07, 6.45) is 3.00. The average Bonchev–Trinajstić information content (AvgIpc) is 2.65. The number of ketones is 1. The third kappa shape index (κ3) is 2.23. The van der Waals surface area contributed by atoms with Gasteiger partial charge in [-0.2, -0.15) is 0 Å². The summed E-state index contributed by atoms with van der Waals surface area (Å²) >= 11 is 0. The largest absolute Gasteiger partial charge is 0.378 e. The summed E-state index contributed by atoms with van der Waals surface area (Å²) in [5.74, 6) is 0.959. The first kappa shape index (κ1) is 11.1. The highest BCUT2D eigenvalue weighted by molar-refractivity contribution is 5.78. The number of ether oxygens (including phenoxy) is 2. The number of Topliss-reactive ketones (excluding diaryl/α,β-unsaturated/α-hetero) is 1. The normalized spacial score (nSPS) is 38.1. The monoisotopic (exact) mass is 212 g/mol. The van der Waals surface area contributed by atoms with Crippen LogP contribution in [0.3, 0.4) is 0 Å². The van der Waals surface area contributed by atoms with Crippen LogP contribution in [0.5, 0.6) is 0 Å². The van der Waals surface area contributed by atoms with E-state index < -0.39 is 0 Å². The molecule has 3 nitrogen and oxygen atoms in total. The van der Waals surface area contributed by atoms with Gasteiger partial charge >= 0.3 is 0 Å². The lowest BCUT2D eigenvalue weighted by molar-refractivity contribution is -0.130. The minimum atomic E-state index is -0.0629. The number of carbonyl (C=O) groups is 1. The van der Waals surface area contributed by atoms with Gasteiger partial charge in [-0.3, -0.25) is 4.79 Å². The number of hydrogen-bond donors (Lipinski definition) is 0. The number of rotatable bonds is 2. The molecule has 0 aliphatic carbocycles. The molecule has 86 valence electrons. The molecule has 0 saturated carbocycles. The zero-order valence-corrected chi connectivity index (χ0v) is 9.62. The molecule has 0 amide bonds. The summed E-state index contributed by atoms with van der Waals surface area (Å²) in [6, 6.07) is 0. The van der Waals surface area contributed by atoms with Gasteiger partial charge in [-0.05, 0) is 25.7 Å². The molecule has 1 spiro atoms. The van der Waals surface area contributed by atoms with Gasteiger partial charge < -0.3 is 9.47 Å². The Bertz CT molecular complexity index is 243. The summed E-state index contributed by atoms with van der Waals surface area (Å²) in [5, 5.41) is 0. The maximum absolute atomic E-state index is 11.4. The van der Waals surface area contributed by atoms with E-state index in [4.69, 9.17) is 9.47 Å². The highest BCUT2D eigenvalue weighted by atomic mass is 16.6. The average molecular weight is 212 g/mol. The Morgan fingerprint density at radius 3 is 2.87 bits per heavy atom. The van der Waals surface area contributed by atoms with Gasteiger partial charge in [0, 0.05) is 25.6 Å². The molecule has 0 aromatic heterocycles. The Labute approximate surface area is 91.1 Å². The molecule has 2 aliphatic heterocycles. The molecule has 2 saturated heterocycles. The van der Waals surface area contributed by atoms with E-state index >= 15 is 0 Å². The second-order valence-electron chi connectivity index (χ2n) is 4.99. The molecular formula is C12H20O3. The molecule has 2 fully saturated rings. The van der Waals surface area contributed by atoms with Crippen molar-refractivity contribution >= 4 is 5.78 Å². The van der Waals surface area contributed by atoms with Crippen LogP contribution in [0.15, 0.2) is 0 Å². The Hall–Kier alpha value is -0.410. The quantitative estimate of drug-likeness (QED) is 0.700. The van der Waals surface area contributed by atoms with E-state index in [1.165, 1.54) is 0 Å². The van der Waals surface area contributed by atoms with E-state index in [-0.39, 0.29) is 11.5 Å². The first-order chi connectivity index (χ1) is 7.13. The molecule has 0 N–H and O–H groups in total. The summed E-state index contributed by atoms with van der Waals surface area (Å²) in [4.78, 5) is 11.4. The van der Waals surface area contributed by atoms with Crippen LogP contribution in [0.4, 0.5) is 0 Å². The lowest BCUT2D eigenvalue weighted by Crippen LogP contribution is -2.42. The second kappa shape index (κ2) is 4.22. The minimum Gasteiger partial charge on any atom is -0.378 e. The van der Waals surface area contributed by atoms with Crippen LogP contribution in [0.2, 0.25) is 0 Å². The van der Waals surface area contributed by atoms with Gasteiger partial charge in [0.1, 0.15) is 5.78 Å². The van der Waals surface area contributed by atoms with Gasteiger partial charge in [-0.1, -0.05) is 6.92 Å². The Morgan fingerprint density at radius 1 is 1.47 bits per heavy atom. The van der Waals surface area contributed by atoms with Crippen molar-refractivity contribution in [1.82, 2.24) is 0 Å². The van der Waals surface area contributed by atoms with Crippen LogP contribution in [0.25, 0.3) is 0 Å². The molecule has 0 radical (unpaired) electrons. The van der Waals surface area contributed by atoms with Gasteiger partial charge in [0.15, 0.2) is 0 Å². The van der Waals surface area contributed by atoms with Crippen LogP contribution < -0.4 is 0 Å². The van der Waals surface area contributed by atoms with Crippen molar-refractivity contribution in [2.24, 2.45) is 11.8 Å². The van der Waals surface area contributed by atoms with Crippen molar-refractivity contribution < 1.29 is 14.3 Å². The topological polar surface area (TPSA) is 35.5 Å². The van der Waals surface area contributed by atoms with Gasteiger partial charge in [-0.15, -0.1) is 0 Å². The van der Waals surface area contributed by atoms with Crippen LogP contribution in [-0.2, 0) is 14.3 Å². The molecule has 3 atom stereocenters. The summed E-state index contributed by atoms with van der Waals surface area (Å²) in [6.45, 7) is 6.04. The van der Waals surface area contributed by atoms with E-state index in [1.54, 1.807) is 6.92 Å². The molecule has 15 heavy (non-hydrogen) atoms. The number of carbonyl (C=O) groups excluding carboxylic acids is 1. The van der Waals surface area contributed by atoms with E-state index in [2.05, 4.69) is 0 Å².